The van der Waals surface area contributed by atoms with Crippen LogP contribution in [-0.2, 0) is 6.18 Å². The number of aromatic nitrogens is 1. The molecule has 0 saturated heterocycles. The number of thiol groups is 1. The van der Waals surface area contributed by atoms with Crippen molar-refractivity contribution in [3.8, 4) is 0 Å². The van der Waals surface area contributed by atoms with Gasteiger partial charge in [-0.25, -0.2) is 4.98 Å². The van der Waals surface area contributed by atoms with E-state index < -0.39 is 11.9 Å². The molecule has 1 aromatic rings. The molecule has 0 radical (unpaired) electrons. The zero-order valence-electron chi connectivity index (χ0n) is 4.81. The van der Waals surface area contributed by atoms with Crippen molar-refractivity contribution in [1.82, 2.24) is 4.98 Å². The Balaban J connectivity index is 3.13. The summed E-state index contributed by atoms with van der Waals surface area (Å²) in [5.41, 5.74) is -1.02. The van der Waals surface area contributed by atoms with Crippen LogP contribution in [0.5, 0.6) is 0 Å². The van der Waals surface area contributed by atoms with Crippen molar-refractivity contribution in [3.63, 3.8) is 0 Å². The fourth-order valence-electron chi connectivity index (χ4n) is 0.471. The molecule has 0 aliphatic carbocycles. The fourth-order valence-corrected chi connectivity index (χ4v) is 1.94. The van der Waals surface area contributed by atoms with Crippen LogP contribution in [0.1, 0.15) is 5.69 Å². The molecule has 0 saturated carbocycles. The van der Waals surface area contributed by atoms with Crippen LogP contribution in [0.4, 0.5) is 13.2 Å². The largest absolute Gasteiger partial charge is 0.435 e. The van der Waals surface area contributed by atoms with Gasteiger partial charge in [0.25, 0.3) is 0 Å². The minimum Gasteiger partial charge on any atom is -0.219 e. The maximum atomic E-state index is 11.9. The minimum absolute atomic E-state index is 0.151. The Labute approximate surface area is 74.6 Å². The highest BCUT2D eigenvalue weighted by Crippen LogP contribution is 2.37. The van der Waals surface area contributed by atoms with Crippen molar-refractivity contribution in [2.75, 3.05) is 0 Å². The van der Waals surface area contributed by atoms with Crippen LogP contribution in [0.25, 0.3) is 0 Å². The molecule has 0 amide bonds. The number of nitrogens with zero attached hydrogens (tertiary/aromatic N) is 1. The maximum absolute atomic E-state index is 11.9. The highest BCUT2D eigenvalue weighted by molar-refractivity contribution is 7.83. The first-order valence-corrected chi connectivity index (χ1v) is 3.98. The molecule has 1 heterocycles. The number of hydrogen-bond donors (Lipinski definition) is 1. The second kappa shape index (κ2) is 2.84. The Morgan fingerprint density at radius 2 is 2.00 bits per heavy atom. The third-order valence-electron chi connectivity index (χ3n) is 0.852. The lowest BCUT2D eigenvalue weighted by Crippen LogP contribution is -2.05. The van der Waals surface area contributed by atoms with Gasteiger partial charge in [0.1, 0.15) is 0 Å². The third-order valence-corrected chi connectivity index (χ3v) is 2.30. The standard InChI is InChI=1S/C4HClF3NS2/c5-3-9-1(2(10)11-3)4(6,7)8/h10H. The number of rotatable bonds is 0. The quantitative estimate of drug-likeness (QED) is 0.662. The van der Waals surface area contributed by atoms with E-state index in [0.717, 1.165) is 0 Å². The lowest BCUT2D eigenvalue weighted by atomic mass is 10.5. The summed E-state index contributed by atoms with van der Waals surface area (Å²) in [5, 5.41) is 0. The molecule has 1 rings (SSSR count). The second-order valence-electron chi connectivity index (χ2n) is 1.62. The summed E-state index contributed by atoms with van der Waals surface area (Å²) in [7, 11) is 0. The molecule has 0 atom stereocenters. The fraction of sp³-hybridized carbons (Fsp3) is 0.250. The van der Waals surface area contributed by atoms with Gasteiger partial charge in [-0.1, -0.05) is 22.9 Å². The maximum Gasteiger partial charge on any atom is 0.435 e. The molecule has 1 nitrogen and oxygen atoms in total. The lowest BCUT2D eigenvalue weighted by molar-refractivity contribution is -0.142. The Morgan fingerprint density at radius 3 is 2.18 bits per heavy atom. The van der Waals surface area contributed by atoms with E-state index in [2.05, 4.69) is 17.6 Å². The number of thiazole rings is 1. The van der Waals surface area contributed by atoms with Gasteiger partial charge < -0.3 is 0 Å². The van der Waals surface area contributed by atoms with Gasteiger partial charge in [0, 0.05) is 0 Å². The first kappa shape index (κ1) is 9.15. The molecule has 1 aromatic heterocycles. The summed E-state index contributed by atoms with van der Waals surface area (Å²) < 4.78 is 35.3. The Kier molecular flexibility index (Phi) is 2.36. The molecule has 0 N–H and O–H groups in total. The molecular weight excluding hydrogens is 219 g/mol. The molecule has 0 fully saturated rings. The van der Waals surface area contributed by atoms with E-state index in [-0.39, 0.29) is 8.68 Å². The van der Waals surface area contributed by atoms with E-state index in [1.54, 1.807) is 0 Å². The van der Waals surface area contributed by atoms with E-state index in [9.17, 15) is 13.2 Å². The normalized spacial score (nSPS) is 12.1. The van der Waals surface area contributed by atoms with Crippen molar-refractivity contribution in [2.24, 2.45) is 0 Å². The van der Waals surface area contributed by atoms with Crippen LogP contribution in [-0.4, -0.2) is 4.98 Å². The van der Waals surface area contributed by atoms with E-state index in [1.807, 2.05) is 0 Å². The van der Waals surface area contributed by atoms with E-state index in [1.165, 1.54) is 0 Å². The van der Waals surface area contributed by atoms with Gasteiger partial charge in [-0.15, -0.1) is 12.6 Å². The summed E-state index contributed by atoms with van der Waals surface area (Å²) in [5.74, 6) is 0. The third kappa shape index (κ3) is 2.00. The number of hydrogen-bond acceptors (Lipinski definition) is 3. The zero-order valence-corrected chi connectivity index (χ0v) is 7.28. The highest BCUT2D eigenvalue weighted by Gasteiger charge is 2.36. The van der Waals surface area contributed by atoms with Crippen LogP contribution in [0.3, 0.4) is 0 Å². The summed E-state index contributed by atoms with van der Waals surface area (Å²) in [6, 6.07) is 0. The average molecular weight is 220 g/mol. The Hall–Kier alpha value is 0.0600. The first-order valence-electron chi connectivity index (χ1n) is 2.33. The summed E-state index contributed by atoms with van der Waals surface area (Å²) in [6.45, 7) is 0. The molecule has 0 spiro atoms. The van der Waals surface area contributed by atoms with Crippen LogP contribution in [0.2, 0.25) is 4.47 Å². The smallest absolute Gasteiger partial charge is 0.219 e. The van der Waals surface area contributed by atoms with Crippen LogP contribution >= 0.6 is 35.6 Å². The van der Waals surface area contributed by atoms with Crippen molar-refractivity contribution in [3.05, 3.63) is 10.2 Å². The molecule has 0 unspecified atom stereocenters. The molecule has 0 bridgehead atoms. The molecule has 62 valence electrons. The van der Waals surface area contributed by atoms with Crippen LogP contribution in [0.15, 0.2) is 4.21 Å². The Morgan fingerprint density at radius 1 is 1.45 bits per heavy atom. The van der Waals surface area contributed by atoms with Gasteiger partial charge in [0.2, 0.25) is 0 Å². The molecule has 0 aliphatic heterocycles. The molecule has 11 heavy (non-hydrogen) atoms. The van der Waals surface area contributed by atoms with Crippen molar-refractivity contribution in [2.45, 2.75) is 10.4 Å². The minimum atomic E-state index is -4.46. The number of alkyl halides is 3. The summed E-state index contributed by atoms with van der Waals surface area (Å²) >= 11 is 9.49. The van der Waals surface area contributed by atoms with Crippen molar-refractivity contribution >= 4 is 35.6 Å². The van der Waals surface area contributed by atoms with E-state index >= 15 is 0 Å². The van der Waals surface area contributed by atoms with Crippen molar-refractivity contribution in [1.29, 1.82) is 0 Å². The lowest BCUT2D eigenvalue weighted by Gasteiger charge is -2.00. The molecular formula is C4HClF3NS2. The van der Waals surface area contributed by atoms with Gasteiger partial charge in [0.15, 0.2) is 10.2 Å². The SMILES string of the molecule is FC(F)(F)c1nc(Cl)sc1S. The van der Waals surface area contributed by atoms with E-state index in [0.29, 0.717) is 11.3 Å². The predicted molar refractivity (Wildman–Crippen MR) is 39.4 cm³/mol. The monoisotopic (exact) mass is 219 g/mol. The number of halogens is 4. The van der Waals surface area contributed by atoms with Gasteiger partial charge in [-0.05, 0) is 0 Å². The van der Waals surface area contributed by atoms with Gasteiger partial charge in [-0.3, -0.25) is 0 Å². The van der Waals surface area contributed by atoms with Crippen LogP contribution in [0, 0.1) is 0 Å². The summed E-state index contributed by atoms with van der Waals surface area (Å²) in [4.78, 5) is 3.06. The van der Waals surface area contributed by atoms with Crippen molar-refractivity contribution < 1.29 is 13.2 Å². The topological polar surface area (TPSA) is 12.9 Å². The summed E-state index contributed by atoms with van der Waals surface area (Å²) in [6.07, 6.45) is -4.46. The van der Waals surface area contributed by atoms with Crippen LogP contribution < -0.4 is 0 Å². The predicted octanol–water partition coefficient (Wildman–Crippen LogP) is 3.10. The van der Waals surface area contributed by atoms with Gasteiger partial charge in [0.05, 0.1) is 4.21 Å². The first-order chi connectivity index (χ1) is 4.91. The second-order valence-corrected chi connectivity index (χ2v) is 3.95. The Bertz CT molecular complexity index is 269. The zero-order chi connectivity index (χ0) is 8.65. The average Bonchev–Trinajstić information content (AvgIpc) is 2.08. The van der Waals surface area contributed by atoms with Gasteiger partial charge in [-0.2, -0.15) is 13.2 Å². The molecule has 0 aliphatic rings. The molecule has 0 aromatic carbocycles. The van der Waals surface area contributed by atoms with E-state index in [4.69, 9.17) is 11.6 Å². The van der Waals surface area contributed by atoms with Gasteiger partial charge >= 0.3 is 6.18 Å². The molecule has 7 heteroatoms. The highest BCUT2D eigenvalue weighted by atomic mass is 35.5.